The molecule has 1 aromatic carbocycles. The second-order valence-electron chi connectivity index (χ2n) is 8.76. The minimum atomic E-state index is -0.443. The van der Waals surface area contributed by atoms with Crippen molar-refractivity contribution in [1.29, 1.82) is 0 Å². The Labute approximate surface area is 163 Å². The lowest BCUT2D eigenvalue weighted by atomic mass is 9.88. The van der Waals surface area contributed by atoms with Crippen molar-refractivity contribution in [1.82, 2.24) is 4.90 Å². The number of carbonyl (C=O) groups excluding carboxylic acids is 1. The Hall–Kier alpha value is -1.36. The van der Waals surface area contributed by atoms with Gasteiger partial charge in [0, 0.05) is 29.2 Å². The first kappa shape index (κ1) is 20.9. The Kier molecular flexibility index (Phi) is 6.54. The van der Waals surface area contributed by atoms with E-state index in [0.29, 0.717) is 5.92 Å². The molecule has 0 radical (unpaired) electrons. The van der Waals surface area contributed by atoms with E-state index in [4.69, 9.17) is 4.74 Å². The maximum absolute atomic E-state index is 12.3. The van der Waals surface area contributed by atoms with Gasteiger partial charge in [-0.1, -0.05) is 13.8 Å². The van der Waals surface area contributed by atoms with E-state index < -0.39 is 5.60 Å². The number of amides is 1. The van der Waals surface area contributed by atoms with Gasteiger partial charge in [0.25, 0.3) is 0 Å². The Morgan fingerprint density at radius 1 is 1.27 bits per heavy atom. The highest BCUT2D eigenvalue weighted by atomic mass is 32.2. The first-order valence-corrected chi connectivity index (χ1v) is 10.7. The maximum Gasteiger partial charge on any atom is 0.410 e. The summed E-state index contributed by atoms with van der Waals surface area (Å²) in [5.74, 6) is 0.468. The largest absolute Gasteiger partial charge is 0.444 e. The van der Waals surface area contributed by atoms with E-state index in [-0.39, 0.29) is 11.6 Å². The van der Waals surface area contributed by atoms with Gasteiger partial charge in [0.05, 0.1) is 0 Å². The molecule has 26 heavy (non-hydrogen) atoms. The standard InChI is InChI=1S/C21H34N2O2S/c1-15(2)17-14-16(26-7)8-9-18(17)22-21(6)10-12-23(13-11-21)19(24)25-20(3,4)5/h8-9,14-15,22H,10-13H2,1-7H3. The van der Waals surface area contributed by atoms with E-state index in [2.05, 4.69) is 50.5 Å². The SMILES string of the molecule is CSc1ccc(NC2(C)CCN(C(=O)OC(C)(C)C)CC2)c(C(C)C)c1. The van der Waals surface area contributed by atoms with E-state index in [0.717, 1.165) is 25.9 Å². The Balaban J connectivity index is 2.05. The quantitative estimate of drug-likeness (QED) is 0.679. The summed E-state index contributed by atoms with van der Waals surface area (Å²) >= 11 is 1.78. The monoisotopic (exact) mass is 378 g/mol. The van der Waals surface area contributed by atoms with Crippen LogP contribution in [0.15, 0.2) is 23.1 Å². The molecule has 5 heteroatoms. The number of benzene rings is 1. The molecule has 146 valence electrons. The molecule has 1 amide bonds. The maximum atomic E-state index is 12.3. The predicted octanol–water partition coefficient (Wildman–Crippen LogP) is 5.73. The molecule has 1 aliphatic rings. The number of likely N-dealkylation sites (tertiary alicyclic amines) is 1. The van der Waals surface area contributed by atoms with Crippen molar-refractivity contribution < 1.29 is 9.53 Å². The van der Waals surface area contributed by atoms with Gasteiger partial charge in [-0.25, -0.2) is 4.79 Å². The zero-order chi connectivity index (χ0) is 19.5. The molecule has 1 aromatic rings. The summed E-state index contributed by atoms with van der Waals surface area (Å²) in [6, 6.07) is 6.67. The zero-order valence-corrected chi connectivity index (χ0v) is 18.1. The van der Waals surface area contributed by atoms with E-state index in [1.165, 1.54) is 16.1 Å². The van der Waals surface area contributed by atoms with Gasteiger partial charge in [-0.15, -0.1) is 11.8 Å². The number of hydrogen-bond donors (Lipinski definition) is 1. The van der Waals surface area contributed by atoms with Crippen LogP contribution in [-0.4, -0.2) is 41.5 Å². The zero-order valence-electron chi connectivity index (χ0n) is 17.3. The first-order chi connectivity index (χ1) is 12.0. The van der Waals surface area contributed by atoms with Gasteiger partial charge in [0.2, 0.25) is 0 Å². The molecule has 0 unspecified atom stereocenters. The second-order valence-corrected chi connectivity index (χ2v) is 9.64. The minimum Gasteiger partial charge on any atom is -0.444 e. The van der Waals surface area contributed by atoms with Crippen LogP contribution in [-0.2, 0) is 4.74 Å². The van der Waals surface area contributed by atoms with Crippen LogP contribution >= 0.6 is 11.8 Å². The number of rotatable bonds is 4. The fourth-order valence-electron chi connectivity index (χ4n) is 3.22. The molecule has 1 fully saturated rings. The predicted molar refractivity (Wildman–Crippen MR) is 111 cm³/mol. The van der Waals surface area contributed by atoms with Crippen LogP contribution in [0.1, 0.15) is 65.9 Å². The van der Waals surface area contributed by atoms with Crippen LogP contribution in [0.25, 0.3) is 0 Å². The van der Waals surface area contributed by atoms with Crippen molar-refractivity contribution in [2.75, 3.05) is 24.7 Å². The van der Waals surface area contributed by atoms with Gasteiger partial charge in [-0.3, -0.25) is 0 Å². The summed E-state index contributed by atoms with van der Waals surface area (Å²) in [5.41, 5.74) is 2.11. The van der Waals surface area contributed by atoms with Gasteiger partial charge in [-0.2, -0.15) is 0 Å². The van der Waals surface area contributed by atoms with E-state index in [1.807, 2.05) is 25.7 Å². The summed E-state index contributed by atoms with van der Waals surface area (Å²) in [6.45, 7) is 13.9. The lowest BCUT2D eigenvalue weighted by Gasteiger charge is -2.41. The molecular weight excluding hydrogens is 344 g/mol. The first-order valence-electron chi connectivity index (χ1n) is 9.47. The summed E-state index contributed by atoms with van der Waals surface area (Å²) in [4.78, 5) is 15.4. The van der Waals surface area contributed by atoms with Crippen LogP contribution < -0.4 is 5.32 Å². The third-order valence-corrected chi connectivity index (χ3v) is 5.56. The number of thioether (sulfide) groups is 1. The van der Waals surface area contributed by atoms with Gasteiger partial charge in [0.1, 0.15) is 5.60 Å². The normalized spacial score (nSPS) is 17.3. The third-order valence-electron chi connectivity index (χ3n) is 4.84. The molecule has 0 aromatic heterocycles. The van der Waals surface area contributed by atoms with E-state index in [9.17, 15) is 4.79 Å². The minimum absolute atomic E-state index is 0.0109. The molecule has 1 heterocycles. The Morgan fingerprint density at radius 2 is 1.88 bits per heavy atom. The van der Waals surface area contributed by atoms with Crippen LogP contribution in [0.4, 0.5) is 10.5 Å². The molecular formula is C21H34N2O2S. The van der Waals surface area contributed by atoms with Crippen molar-refractivity contribution in [3.05, 3.63) is 23.8 Å². The number of nitrogens with one attached hydrogen (secondary N) is 1. The average molecular weight is 379 g/mol. The number of piperidine rings is 1. The summed E-state index contributed by atoms with van der Waals surface area (Å²) in [5, 5.41) is 3.78. The highest BCUT2D eigenvalue weighted by Gasteiger charge is 2.34. The number of nitrogens with zero attached hydrogens (tertiary/aromatic N) is 1. The summed E-state index contributed by atoms with van der Waals surface area (Å²) < 4.78 is 5.50. The van der Waals surface area contributed by atoms with Crippen LogP contribution in [0.2, 0.25) is 0 Å². The lowest BCUT2D eigenvalue weighted by Crippen LogP contribution is -2.50. The van der Waals surface area contributed by atoms with Gasteiger partial charge < -0.3 is 15.0 Å². The van der Waals surface area contributed by atoms with Gasteiger partial charge >= 0.3 is 6.09 Å². The van der Waals surface area contributed by atoms with Crippen molar-refractivity contribution >= 4 is 23.5 Å². The van der Waals surface area contributed by atoms with Crippen molar-refractivity contribution in [3.63, 3.8) is 0 Å². The highest BCUT2D eigenvalue weighted by molar-refractivity contribution is 7.98. The molecule has 0 aliphatic carbocycles. The molecule has 2 rings (SSSR count). The number of anilines is 1. The van der Waals surface area contributed by atoms with Crippen LogP contribution in [0.3, 0.4) is 0 Å². The van der Waals surface area contributed by atoms with Crippen LogP contribution in [0, 0.1) is 0 Å². The fraction of sp³-hybridized carbons (Fsp3) is 0.667. The second kappa shape index (κ2) is 8.12. The molecule has 1 saturated heterocycles. The summed E-state index contributed by atoms with van der Waals surface area (Å²) in [7, 11) is 0. The topological polar surface area (TPSA) is 41.6 Å². The summed E-state index contributed by atoms with van der Waals surface area (Å²) in [6.07, 6.45) is 3.73. The molecule has 4 nitrogen and oxygen atoms in total. The molecule has 0 spiro atoms. The molecule has 0 saturated carbocycles. The molecule has 1 N–H and O–H groups in total. The number of carbonyl (C=O) groups is 1. The van der Waals surface area contributed by atoms with E-state index >= 15 is 0 Å². The van der Waals surface area contributed by atoms with Crippen LogP contribution in [0.5, 0.6) is 0 Å². The Morgan fingerprint density at radius 3 is 2.38 bits per heavy atom. The molecule has 0 bridgehead atoms. The molecule has 1 aliphatic heterocycles. The van der Waals surface area contributed by atoms with Crippen molar-refractivity contribution in [2.24, 2.45) is 0 Å². The lowest BCUT2D eigenvalue weighted by molar-refractivity contribution is 0.0184. The van der Waals surface area contributed by atoms with Gasteiger partial charge in [0.15, 0.2) is 0 Å². The fourth-order valence-corrected chi connectivity index (χ4v) is 3.67. The smallest absolute Gasteiger partial charge is 0.410 e. The highest BCUT2D eigenvalue weighted by Crippen LogP contribution is 2.34. The molecule has 0 atom stereocenters. The third kappa shape index (κ3) is 5.57. The van der Waals surface area contributed by atoms with Gasteiger partial charge in [-0.05, 0) is 76.5 Å². The van der Waals surface area contributed by atoms with E-state index in [1.54, 1.807) is 11.8 Å². The Bertz CT molecular complexity index is 629. The van der Waals surface area contributed by atoms with Crippen molar-refractivity contribution in [3.8, 4) is 0 Å². The number of hydrogen-bond acceptors (Lipinski definition) is 4. The average Bonchev–Trinajstić information content (AvgIpc) is 2.53. The number of ether oxygens (including phenoxy) is 1. The van der Waals surface area contributed by atoms with Crippen molar-refractivity contribution in [2.45, 2.75) is 76.3 Å².